The molecule has 234 valence electrons. The Labute approximate surface area is 259 Å². The molecule has 0 aromatic heterocycles. The molecular weight excluding hydrogens is 532 g/mol. The van der Waals surface area contributed by atoms with Crippen molar-refractivity contribution >= 4 is 17.8 Å². The van der Waals surface area contributed by atoms with E-state index in [1.54, 1.807) is 18.2 Å². The number of rotatable bonds is 4. The van der Waals surface area contributed by atoms with Crippen LogP contribution in [0, 0.1) is 62.6 Å². The fourth-order valence-corrected chi connectivity index (χ4v) is 12.3. The molecule has 0 bridgehead atoms. The Morgan fingerprint density at radius 2 is 1.56 bits per heavy atom. The van der Waals surface area contributed by atoms with E-state index in [-0.39, 0.29) is 45.0 Å². The second kappa shape index (κ2) is 10.1. The molecule has 4 nitrogen and oxygen atoms in total. The van der Waals surface area contributed by atoms with E-state index in [2.05, 4.69) is 54.5 Å². The van der Waals surface area contributed by atoms with Gasteiger partial charge in [0.25, 0.3) is 0 Å². The summed E-state index contributed by atoms with van der Waals surface area (Å²) >= 11 is 0. The van der Waals surface area contributed by atoms with E-state index in [4.69, 9.17) is 0 Å². The Bertz CT molecular complexity index is 1350. The molecule has 1 aromatic carbocycles. The second-order valence-corrected chi connectivity index (χ2v) is 16.8. The van der Waals surface area contributed by atoms with Crippen molar-refractivity contribution in [3.63, 3.8) is 0 Å². The van der Waals surface area contributed by atoms with Crippen LogP contribution in [0.4, 0.5) is 0 Å². The SMILES string of the molecule is C[C@H]1[C@H](C)CC[C@]2(C(=O)O)CC[C@]3(C)C(=CC[C@@H]4[C@@]5(C)CC[C@H](C(=O)/C=C/c6ccc(O)cc6)C(C)(C)[C@@H]5CC[C@]43C)[C@@H]12. The molecule has 5 aliphatic carbocycles. The molecule has 4 fully saturated rings. The van der Waals surface area contributed by atoms with Crippen molar-refractivity contribution in [1.82, 2.24) is 0 Å². The van der Waals surface area contributed by atoms with E-state index in [0.717, 1.165) is 63.4 Å². The highest BCUT2D eigenvalue weighted by Gasteiger charge is 2.69. The maximum Gasteiger partial charge on any atom is 0.310 e. The van der Waals surface area contributed by atoms with Gasteiger partial charge in [0.2, 0.25) is 0 Å². The third kappa shape index (κ3) is 4.20. The van der Waals surface area contributed by atoms with Gasteiger partial charge in [0.1, 0.15) is 5.75 Å². The van der Waals surface area contributed by atoms with Gasteiger partial charge < -0.3 is 10.2 Å². The van der Waals surface area contributed by atoms with Crippen LogP contribution < -0.4 is 0 Å². The maximum atomic E-state index is 13.7. The van der Waals surface area contributed by atoms with Crippen molar-refractivity contribution in [2.24, 2.45) is 62.6 Å². The van der Waals surface area contributed by atoms with Crippen molar-refractivity contribution in [2.75, 3.05) is 0 Å². The smallest absolute Gasteiger partial charge is 0.310 e. The van der Waals surface area contributed by atoms with Gasteiger partial charge in [-0.25, -0.2) is 0 Å². The Kier molecular flexibility index (Phi) is 7.18. The zero-order chi connectivity index (χ0) is 31.2. The van der Waals surface area contributed by atoms with Crippen LogP contribution >= 0.6 is 0 Å². The summed E-state index contributed by atoms with van der Waals surface area (Å²) < 4.78 is 0. The van der Waals surface area contributed by atoms with Crippen LogP contribution in [0.1, 0.15) is 112 Å². The molecule has 0 amide bonds. The number of aliphatic carboxylic acids is 1. The number of phenolic OH excluding ortho intramolecular Hbond substituents is 1. The Balaban J connectivity index is 1.31. The van der Waals surface area contributed by atoms with Gasteiger partial charge in [0.15, 0.2) is 5.78 Å². The highest BCUT2D eigenvalue weighted by atomic mass is 16.4. The first-order valence-electron chi connectivity index (χ1n) is 17.1. The summed E-state index contributed by atoms with van der Waals surface area (Å²) in [6.07, 6.45) is 15.1. The zero-order valence-corrected chi connectivity index (χ0v) is 27.6. The van der Waals surface area contributed by atoms with E-state index in [9.17, 15) is 19.8 Å². The lowest BCUT2D eigenvalue weighted by Gasteiger charge is -2.71. The van der Waals surface area contributed by atoms with E-state index >= 15 is 0 Å². The third-order valence-electron chi connectivity index (χ3n) is 15.1. The van der Waals surface area contributed by atoms with Crippen molar-refractivity contribution < 1.29 is 19.8 Å². The first-order chi connectivity index (χ1) is 20.1. The summed E-state index contributed by atoms with van der Waals surface area (Å²) in [7, 11) is 0. The normalized spacial score (nSPS) is 45.2. The number of carbonyl (C=O) groups is 2. The third-order valence-corrected chi connectivity index (χ3v) is 15.1. The number of ketones is 1. The highest BCUT2D eigenvalue weighted by Crippen LogP contribution is 2.76. The summed E-state index contributed by atoms with van der Waals surface area (Å²) in [5.41, 5.74) is 2.00. The van der Waals surface area contributed by atoms with Gasteiger partial charge >= 0.3 is 5.97 Å². The Hall–Kier alpha value is -2.36. The summed E-state index contributed by atoms with van der Waals surface area (Å²) in [5.74, 6) is 1.98. The van der Waals surface area contributed by atoms with Crippen LogP contribution in [0.25, 0.3) is 6.08 Å². The van der Waals surface area contributed by atoms with Crippen LogP contribution in [0.15, 0.2) is 42.0 Å². The van der Waals surface area contributed by atoms with Gasteiger partial charge in [-0.05, 0) is 133 Å². The quantitative estimate of drug-likeness (QED) is 0.272. The van der Waals surface area contributed by atoms with Gasteiger partial charge in [0.05, 0.1) is 5.41 Å². The first-order valence-corrected chi connectivity index (χ1v) is 17.1. The predicted octanol–water partition coefficient (Wildman–Crippen LogP) is 9.33. The minimum absolute atomic E-state index is 0.00372. The number of hydrogen-bond acceptors (Lipinski definition) is 3. The summed E-state index contributed by atoms with van der Waals surface area (Å²) in [4.78, 5) is 26.7. The molecule has 4 saturated carbocycles. The molecule has 1 aromatic rings. The van der Waals surface area contributed by atoms with Gasteiger partial charge in [-0.2, -0.15) is 0 Å². The number of carboxylic acids is 1. The van der Waals surface area contributed by atoms with Crippen molar-refractivity contribution in [3.05, 3.63) is 47.6 Å². The highest BCUT2D eigenvalue weighted by molar-refractivity contribution is 5.96. The standard InChI is InChI=1S/C39H54O4/c1-24-16-21-39(34(42)43)23-22-37(6)29(33(39)25(24)2)13-15-32-36(5)19-17-28(35(3,4)31(36)18-20-38(32,37)7)30(41)14-10-26-8-11-27(40)12-9-26/h8-14,24-25,28,31-33,40H,15-23H2,1-7H3,(H,42,43)/b14-10+/t24-,25+,28-,31+,32-,33-,36+,37-,38-,39+/m1/s1. The van der Waals surface area contributed by atoms with Crippen LogP contribution in [-0.2, 0) is 9.59 Å². The topological polar surface area (TPSA) is 74.6 Å². The average molecular weight is 587 g/mol. The lowest BCUT2D eigenvalue weighted by atomic mass is 9.33. The molecule has 0 radical (unpaired) electrons. The molecule has 43 heavy (non-hydrogen) atoms. The summed E-state index contributed by atoms with van der Waals surface area (Å²) in [6.45, 7) is 17.0. The summed E-state index contributed by atoms with van der Waals surface area (Å²) in [6, 6.07) is 7.01. The Morgan fingerprint density at radius 1 is 0.860 bits per heavy atom. The molecule has 0 spiro atoms. The van der Waals surface area contributed by atoms with E-state index in [1.165, 1.54) is 5.57 Å². The molecule has 0 heterocycles. The van der Waals surface area contributed by atoms with E-state index < -0.39 is 11.4 Å². The lowest BCUT2D eigenvalue weighted by molar-refractivity contribution is -0.197. The number of fused-ring (bicyclic) bond motifs is 7. The van der Waals surface area contributed by atoms with Crippen molar-refractivity contribution in [3.8, 4) is 5.75 Å². The monoisotopic (exact) mass is 586 g/mol. The van der Waals surface area contributed by atoms with E-state index in [1.807, 2.05) is 18.2 Å². The van der Waals surface area contributed by atoms with Crippen molar-refractivity contribution in [1.29, 1.82) is 0 Å². The molecule has 0 unspecified atom stereocenters. The molecule has 4 heteroatoms. The lowest BCUT2D eigenvalue weighted by Crippen LogP contribution is -2.65. The van der Waals surface area contributed by atoms with Gasteiger partial charge in [-0.3, -0.25) is 9.59 Å². The predicted molar refractivity (Wildman–Crippen MR) is 172 cm³/mol. The van der Waals surface area contributed by atoms with Crippen molar-refractivity contribution in [2.45, 2.75) is 106 Å². The minimum Gasteiger partial charge on any atom is -0.508 e. The largest absolute Gasteiger partial charge is 0.508 e. The minimum atomic E-state index is -0.602. The number of carboxylic acid groups (broad SMARTS) is 1. The van der Waals surface area contributed by atoms with Crippen LogP contribution in [0.5, 0.6) is 5.75 Å². The number of carbonyl (C=O) groups excluding carboxylic acids is 1. The van der Waals surface area contributed by atoms with Gasteiger partial charge in [-0.1, -0.05) is 78.3 Å². The molecule has 0 aliphatic heterocycles. The Morgan fingerprint density at radius 3 is 2.23 bits per heavy atom. The molecule has 6 rings (SSSR count). The fourth-order valence-electron chi connectivity index (χ4n) is 12.3. The van der Waals surface area contributed by atoms with Crippen LogP contribution in [-0.4, -0.2) is 22.0 Å². The van der Waals surface area contributed by atoms with Crippen LogP contribution in [0.2, 0.25) is 0 Å². The van der Waals surface area contributed by atoms with E-state index in [0.29, 0.717) is 23.7 Å². The maximum absolute atomic E-state index is 13.7. The zero-order valence-electron chi connectivity index (χ0n) is 27.6. The number of benzene rings is 1. The fraction of sp³-hybridized carbons (Fsp3) is 0.692. The number of phenols is 1. The average Bonchev–Trinajstić information content (AvgIpc) is 2.94. The summed E-state index contributed by atoms with van der Waals surface area (Å²) in [5, 5.41) is 20.3. The molecule has 10 atom stereocenters. The molecule has 2 N–H and O–H groups in total. The van der Waals surface area contributed by atoms with Gasteiger partial charge in [-0.15, -0.1) is 0 Å². The number of allylic oxidation sites excluding steroid dienone is 3. The first kappa shape index (κ1) is 30.7. The number of aromatic hydroxyl groups is 1. The number of hydrogen-bond donors (Lipinski definition) is 2. The van der Waals surface area contributed by atoms with Crippen LogP contribution in [0.3, 0.4) is 0 Å². The molecule has 5 aliphatic rings. The molecular formula is C39H54O4. The van der Waals surface area contributed by atoms with Gasteiger partial charge in [0, 0.05) is 5.92 Å². The second-order valence-electron chi connectivity index (χ2n) is 16.8. The molecule has 0 saturated heterocycles.